The zero-order valence-corrected chi connectivity index (χ0v) is 18.2. The molecule has 1 aliphatic rings. The number of benzene rings is 2. The van der Waals surface area contributed by atoms with Crippen molar-refractivity contribution in [2.45, 2.75) is 19.8 Å². The van der Waals surface area contributed by atoms with Crippen LogP contribution in [0, 0.1) is 18.3 Å². The van der Waals surface area contributed by atoms with E-state index in [0.29, 0.717) is 15.8 Å². The largest absolute Gasteiger partial charge is 0.311 e. The summed E-state index contributed by atoms with van der Waals surface area (Å²) in [5.41, 5.74) is 2.82. The number of anilines is 1. The second kappa shape index (κ2) is 10.2. The lowest BCUT2D eigenvalue weighted by Crippen LogP contribution is -2.36. The van der Waals surface area contributed by atoms with E-state index in [2.05, 4.69) is 6.07 Å². The molecule has 0 saturated carbocycles. The number of thioether (sulfide) groups is 1. The fourth-order valence-corrected chi connectivity index (χ4v) is 4.33. The Morgan fingerprint density at radius 3 is 2.57 bits per heavy atom. The van der Waals surface area contributed by atoms with Crippen molar-refractivity contribution in [1.29, 1.82) is 5.26 Å². The smallest absolute Gasteiger partial charge is 0.266 e. The van der Waals surface area contributed by atoms with Crippen molar-refractivity contribution >= 4 is 51.9 Å². The maximum Gasteiger partial charge on any atom is 0.266 e. The Morgan fingerprint density at radius 1 is 1.20 bits per heavy atom. The van der Waals surface area contributed by atoms with Crippen LogP contribution in [0.1, 0.15) is 24.0 Å². The molecule has 2 aromatic carbocycles. The fraction of sp³-hybridized carbons (Fsp3) is 0.217. The van der Waals surface area contributed by atoms with Gasteiger partial charge in [0, 0.05) is 25.2 Å². The summed E-state index contributed by atoms with van der Waals surface area (Å²) in [6.45, 7) is 2.53. The zero-order valence-electron chi connectivity index (χ0n) is 16.6. The average molecular weight is 436 g/mol. The van der Waals surface area contributed by atoms with Crippen molar-refractivity contribution in [2.75, 3.05) is 18.0 Å². The third-order valence-electron chi connectivity index (χ3n) is 4.61. The van der Waals surface area contributed by atoms with Crippen molar-refractivity contribution in [3.63, 3.8) is 0 Å². The molecule has 0 N–H and O–H groups in total. The number of para-hydroxylation sites is 1. The van der Waals surface area contributed by atoms with Crippen molar-refractivity contribution in [2.24, 2.45) is 0 Å². The molecule has 1 saturated heterocycles. The van der Waals surface area contributed by atoms with Crippen LogP contribution in [0.4, 0.5) is 5.69 Å². The summed E-state index contributed by atoms with van der Waals surface area (Å²) in [7, 11) is 0. The number of aryl methyl sites for hydroxylation is 1. The molecule has 0 aromatic heterocycles. The topological polar surface area (TPSA) is 64.4 Å². The summed E-state index contributed by atoms with van der Waals surface area (Å²) >= 11 is 6.62. The van der Waals surface area contributed by atoms with Crippen molar-refractivity contribution in [3.8, 4) is 6.07 Å². The molecule has 30 heavy (non-hydrogen) atoms. The highest BCUT2D eigenvalue weighted by molar-refractivity contribution is 8.26. The number of rotatable bonds is 7. The van der Waals surface area contributed by atoms with Gasteiger partial charge in [-0.05, 0) is 30.7 Å². The molecule has 0 spiro atoms. The van der Waals surface area contributed by atoms with Gasteiger partial charge < -0.3 is 4.90 Å². The first kappa shape index (κ1) is 21.8. The van der Waals surface area contributed by atoms with E-state index in [0.717, 1.165) is 16.8 Å². The van der Waals surface area contributed by atoms with E-state index < -0.39 is 0 Å². The summed E-state index contributed by atoms with van der Waals surface area (Å²) in [5, 5.41) is 8.91. The van der Waals surface area contributed by atoms with E-state index in [1.165, 1.54) is 16.7 Å². The molecule has 3 rings (SSSR count). The Morgan fingerprint density at radius 2 is 1.90 bits per heavy atom. The highest BCUT2D eigenvalue weighted by atomic mass is 32.2. The molecular weight excluding hydrogens is 414 g/mol. The van der Waals surface area contributed by atoms with Gasteiger partial charge in [0.2, 0.25) is 5.91 Å². The van der Waals surface area contributed by atoms with E-state index in [-0.39, 0.29) is 31.2 Å². The van der Waals surface area contributed by atoms with Gasteiger partial charge in [-0.25, -0.2) is 0 Å². The molecule has 0 unspecified atom stereocenters. The Balaban J connectivity index is 1.67. The minimum atomic E-state index is -0.179. The predicted molar refractivity (Wildman–Crippen MR) is 125 cm³/mol. The van der Waals surface area contributed by atoms with E-state index in [9.17, 15) is 9.59 Å². The molecule has 2 amide bonds. The highest BCUT2D eigenvalue weighted by Gasteiger charge is 2.32. The maximum atomic E-state index is 12.8. The van der Waals surface area contributed by atoms with Crippen LogP contribution in [-0.2, 0) is 9.59 Å². The van der Waals surface area contributed by atoms with Gasteiger partial charge >= 0.3 is 0 Å². The third-order valence-corrected chi connectivity index (χ3v) is 5.99. The maximum absolute atomic E-state index is 12.8. The number of hydrogen-bond donors (Lipinski definition) is 0. The summed E-state index contributed by atoms with van der Waals surface area (Å²) in [6.07, 6.45) is 2.19. The van der Waals surface area contributed by atoms with Gasteiger partial charge in [-0.1, -0.05) is 72.0 Å². The van der Waals surface area contributed by atoms with Gasteiger partial charge in [0.25, 0.3) is 5.91 Å². The average Bonchev–Trinajstić information content (AvgIpc) is 3.01. The third kappa shape index (κ3) is 5.35. The Bertz CT molecular complexity index is 1010. The summed E-state index contributed by atoms with van der Waals surface area (Å²) in [6, 6.07) is 19.2. The molecular formula is C23H21N3O2S2. The predicted octanol–water partition coefficient (Wildman–Crippen LogP) is 4.53. The minimum Gasteiger partial charge on any atom is -0.311 e. The molecule has 2 aromatic rings. The zero-order chi connectivity index (χ0) is 21.5. The van der Waals surface area contributed by atoms with Gasteiger partial charge in [-0.2, -0.15) is 5.26 Å². The van der Waals surface area contributed by atoms with Crippen LogP contribution in [0.3, 0.4) is 0 Å². The van der Waals surface area contributed by atoms with Gasteiger partial charge in [0.05, 0.1) is 17.4 Å². The number of nitrogens with zero attached hydrogens (tertiary/aromatic N) is 3. The molecule has 5 nitrogen and oxygen atoms in total. The molecule has 0 aliphatic carbocycles. The van der Waals surface area contributed by atoms with Gasteiger partial charge in [0.1, 0.15) is 4.32 Å². The van der Waals surface area contributed by atoms with E-state index in [1.807, 2.05) is 67.6 Å². The Kier molecular flexibility index (Phi) is 7.39. The van der Waals surface area contributed by atoms with Crippen molar-refractivity contribution in [3.05, 3.63) is 70.6 Å². The fourth-order valence-electron chi connectivity index (χ4n) is 3.02. The quantitative estimate of drug-likeness (QED) is 0.472. The molecule has 7 heteroatoms. The monoisotopic (exact) mass is 435 g/mol. The van der Waals surface area contributed by atoms with E-state index >= 15 is 0 Å². The molecule has 1 aliphatic heterocycles. The molecule has 0 bridgehead atoms. The van der Waals surface area contributed by atoms with Crippen LogP contribution in [0.2, 0.25) is 0 Å². The normalized spacial score (nSPS) is 14.8. The first-order valence-corrected chi connectivity index (χ1v) is 10.8. The number of carbonyl (C=O) groups excluding carboxylic acids is 2. The molecule has 1 heterocycles. The van der Waals surface area contributed by atoms with Gasteiger partial charge in [-0.15, -0.1) is 0 Å². The lowest BCUT2D eigenvalue weighted by atomic mass is 10.1. The van der Waals surface area contributed by atoms with Crippen LogP contribution >= 0.6 is 24.0 Å². The van der Waals surface area contributed by atoms with E-state index in [4.69, 9.17) is 17.5 Å². The first-order valence-electron chi connectivity index (χ1n) is 9.54. The molecule has 1 fully saturated rings. The Hall–Kier alpha value is -2.95. The molecule has 0 radical (unpaired) electrons. The summed E-state index contributed by atoms with van der Waals surface area (Å²) in [5.74, 6) is -0.324. The summed E-state index contributed by atoms with van der Waals surface area (Å²) in [4.78, 5) is 29.3. The lowest BCUT2D eigenvalue weighted by Gasteiger charge is -2.23. The van der Waals surface area contributed by atoms with Gasteiger partial charge in [-0.3, -0.25) is 14.5 Å². The van der Waals surface area contributed by atoms with Crippen LogP contribution < -0.4 is 4.90 Å². The van der Waals surface area contributed by atoms with Crippen LogP contribution in [0.25, 0.3) is 6.08 Å². The number of carbonyl (C=O) groups is 2. The molecule has 0 atom stereocenters. The van der Waals surface area contributed by atoms with Crippen LogP contribution in [0.5, 0.6) is 0 Å². The SMILES string of the molecule is Cc1ccc(/C=C2/SC(=S)N(CCC(=O)N(CCC#N)c3ccccc3)C2=O)cc1. The van der Waals surface area contributed by atoms with Crippen LogP contribution in [-0.4, -0.2) is 34.1 Å². The highest BCUT2D eigenvalue weighted by Crippen LogP contribution is 2.32. The van der Waals surface area contributed by atoms with Crippen LogP contribution in [0.15, 0.2) is 59.5 Å². The van der Waals surface area contributed by atoms with Crippen molar-refractivity contribution < 1.29 is 9.59 Å². The van der Waals surface area contributed by atoms with E-state index in [1.54, 1.807) is 4.90 Å². The minimum absolute atomic E-state index is 0.130. The van der Waals surface area contributed by atoms with Gasteiger partial charge in [0.15, 0.2) is 0 Å². The number of thiocarbonyl (C=S) groups is 1. The van der Waals surface area contributed by atoms with Crippen molar-refractivity contribution in [1.82, 2.24) is 4.90 Å². The summed E-state index contributed by atoms with van der Waals surface area (Å²) < 4.78 is 0.453. The standard InChI is InChI=1S/C23H21N3O2S2/c1-17-8-10-18(11-9-17)16-20-22(28)26(23(29)30-20)15-12-21(27)25(14-5-13-24)19-6-3-2-4-7-19/h2-4,6-11,16H,5,12,14-15H2,1H3/b20-16+. The Labute approximate surface area is 186 Å². The number of nitriles is 1. The number of hydrogen-bond acceptors (Lipinski definition) is 5. The lowest BCUT2D eigenvalue weighted by molar-refractivity contribution is -0.123. The molecule has 152 valence electrons. The first-order chi connectivity index (χ1) is 14.5. The number of amides is 2. The second-order valence-corrected chi connectivity index (χ2v) is 8.46. The second-order valence-electron chi connectivity index (χ2n) is 6.78.